The lowest BCUT2D eigenvalue weighted by molar-refractivity contribution is 0.669. The van der Waals surface area contributed by atoms with Crippen molar-refractivity contribution in [2.75, 3.05) is 13.1 Å². The zero-order chi connectivity index (χ0) is 9.07. The van der Waals surface area contributed by atoms with E-state index in [4.69, 9.17) is 0 Å². The van der Waals surface area contributed by atoms with E-state index in [2.05, 4.69) is 35.3 Å². The topological polar surface area (TPSA) is 24.1 Å². The van der Waals surface area contributed by atoms with Crippen molar-refractivity contribution in [1.29, 1.82) is 0 Å². The van der Waals surface area contributed by atoms with Crippen LogP contribution in [0.4, 0.5) is 0 Å². The van der Waals surface area contributed by atoms with Crippen LogP contribution in [0.25, 0.3) is 0 Å². The molecule has 0 aromatic carbocycles. The first-order chi connectivity index (χ1) is 5.91. The van der Waals surface area contributed by atoms with E-state index in [0.717, 1.165) is 25.9 Å². The van der Waals surface area contributed by atoms with Crippen LogP contribution in [0.3, 0.4) is 0 Å². The number of hydrogen-bond donors (Lipinski definition) is 2. The van der Waals surface area contributed by atoms with Crippen molar-refractivity contribution in [3.8, 4) is 0 Å². The predicted octanol–water partition coefficient (Wildman–Crippen LogP) is 1.54. The second-order valence-electron chi connectivity index (χ2n) is 2.31. The molecule has 0 spiro atoms. The van der Waals surface area contributed by atoms with Crippen LogP contribution in [0.5, 0.6) is 0 Å². The average Bonchev–Trinajstić information content (AvgIpc) is 2.10. The molecule has 0 bridgehead atoms. The molecule has 0 aromatic rings. The molecule has 0 unspecified atom stereocenters. The van der Waals surface area contributed by atoms with Gasteiger partial charge in [0, 0.05) is 25.5 Å². The van der Waals surface area contributed by atoms with Crippen molar-refractivity contribution >= 4 is 0 Å². The highest BCUT2D eigenvalue weighted by Gasteiger charge is 1.83. The Labute approximate surface area is 74.4 Å². The SMILES string of the molecule is C=C=CNCCCCNC=C=C. The minimum absolute atomic E-state index is 0.974. The maximum atomic E-state index is 3.44. The zero-order valence-electron chi connectivity index (χ0n) is 7.40. The fourth-order valence-electron chi connectivity index (χ4n) is 0.743. The number of nitrogens with one attached hydrogen (secondary N) is 2. The third-order valence-electron chi connectivity index (χ3n) is 1.30. The average molecular weight is 164 g/mol. The summed E-state index contributed by atoms with van der Waals surface area (Å²) in [5.74, 6) is 0. The Morgan fingerprint density at radius 3 is 1.67 bits per heavy atom. The molecule has 2 heteroatoms. The summed E-state index contributed by atoms with van der Waals surface area (Å²) in [6, 6.07) is 0. The molecule has 12 heavy (non-hydrogen) atoms. The molecule has 0 saturated heterocycles. The van der Waals surface area contributed by atoms with Crippen LogP contribution in [0.2, 0.25) is 0 Å². The summed E-state index contributed by atoms with van der Waals surface area (Å²) in [6.45, 7) is 8.84. The number of unbranched alkanes of at least 4 members (excludes halogenated alkanes) is 1. The van der Waals surface area contributed by atoms with E-state index in [1.165, 1.54) is 0 Å². The van der Waals surface area contributed by atoms with Crippen molar-refractivity contribution < 1.29 is 0 Å². The van der Waals surface area contributed by atoms with Gasteiger partial charge in [-0.15, -0.1) is 11.5 Å². The number of rotatable bonds is 7. The standard InChI is InChI=1S/C10H16N2/c1-3-7-11-9-5-6-10-12-8-4-2/h7-8,11-12H,1-2,5-6,9-10H2. The fraction of sp³-hybridized carbons (Fsp3) is 0.400. The molecule has 0 saturated carbocycles. The van der Waals surface area contributed by atoms with E-state index in [-0.39, 0.29) is 0 Å². The van der Waals surface area contributed by atoms with Crippen LogP contribution in [-0.2, 0) is 0 Å². The highest BCUT2D eigenvalue weighted by atomic mass is 14.8. The van der Waals surface area contributed by atoms with Gasteiger partial charge < -0.3 is 10.6 Å². The first-order valence-electron chi connectivity index (χ1n) is 4.07. The molecule has 0 fully saturated rings. The normalized spacial score (nSPS) is 7.67. The van der Waals surface area contributed by atoms with Crippen LogP contribution in [0, 0.1) is 0 Å². The van der Waals surface area contributed by atoms with Gasteiger partial charge in [-0.2, -0.15) is 0 Å². The maximum absolute atomic E-state index is 3.44. The van der Waals surface area contributed by atoms with Crippen LogP contribution >= 0.6 is 0 Å². The molecule has 0 radical (unpaired) electrons. The van der Waals surface area contributed by atoms with Crippen molar-refractivity contribution in [2.45, 2.75) is 12.8 Å². The molecule has 0 heterocycles. The van der Waals surface area contributed by atoms with Crippen LogP contribution in [0.15, 0.2) is 37.0 Å². The molecule has 0 amide bonds. The quantitative estimate of drug-likeness (QED) is 0.440. The Kier molecular flexibility index (Phi) is 8.55. The lowest BCUT2D eigenvalue weighted by Gasteiger charge is -1.99. The Morgan fingerprint density at radius 2 is 1.33 bits per heavy atom. The van der Waals surface area contributed by atoms with E-state index >= 15 is 0 Å². The number of hydrogen-bond acceptors (Lipinski definition) is 2. The van der Waals surface area contributed by atoms with E-state index in [0.29, 0.717) is 0 Å². The lowest BCUT2D eigenvalue weighted by atomic mass is 10.3. The van der Waals surface area contributed by atoms with Gasteiger partial charge in [-0.1, -0.05) is 13.2 Å². The van der Waals surface area contributed by atoms with E-state index in [1.54, 1.807) is 12.4 Å². The highest BCUT2D eigenvalue weighted by Crippen LogP contribution is 1.83. The Morgan fingerprint density at radius 1 is 0.917 bits per heavy atom. The summed E-state index contributed by atoms with van der Waals surface area (Å²) >= 11 is 0. The molecular weight excluding hydrogens is 148 g/mol. The third-order valence-corrected chi connectivity index (χ3v) is 1.30. The molecule has 0 aliphatic rings. The van der Waals surface area contributed by atoms with E-state index in [9.17, 15) is 0 Å². The maximum Gasteiger partial charge on any atom is 0.0391 e. The largest absolute Gasteiger partial charge is 0.385 e. The van der Waals surface area contributed by atoms with Crippen molar-refractivity contribution in [1.82, 2.24) is 10.6 Å². The first-order valence-corrected chi connectivity index (χ1v) is 4.07. The van der Waals surface area contributed by atoms with Gasteiger partial charge in [0.05, 0.1) is 0 Å². The van der Waals surface area contributed by atoms with Gasteiger partial charge in [0.2, 0.25) is 0 Å². The van der Waals surface area contributed by atoms with Crippen LogP contribution in [-0.4, -0.2) is 13.1 Å². The molecule has 0 aliphatic heterocycles. The van der Waals surface area contributed by atoms with Gasteiger partial charge in [-0.25, -0.2) is 0 Å². The van der Waals surface area contributed by atoms with E-state index < -0.39 is 0 Å². The Hall–Kier alpha value is -1.36. The first kappa shape index (κ1) is 10.6. The third kappa shape index (κ3) is 8.64. The van der Waals surface area contributed by atoms with Gasteiger partial charge in [-0.3, -0.25) is 0 Å². The fourth-order valence-corrected chi connectivity index (χ4v) is 0.743. The lowest BCUT2D eigenvalue weighted by Crippen LogP contribution is -2.11. The van der Waals surface area contributed by atoms with Crippen molar-refractivity contribution in [3.63, 3.8) is 0 Å². The van der Waals surface area contributed by atoms with Crippen molar-refractivity contribution in [3.05, 3.63) is 37.0 Å². The molecule has 0 aromatic heterocycles. The second kappa shape index (κ2) is 9.64. The minimum Gasteiger partial charge on any atom is -0.385 e. The Bertz CT molecular complexity index is 162. The Balaban J connectivity index is 3.00. The summed E-state index contributed by atoms with van der Waals surface area (Å²) in [7, 11) is 0. The molecule has 2 N–H and O–H groups in total. The predicted molar refractivity (Wildman–Crippen MR) is 52.7 cm³/mol. The molecule has 0 atom stereocenters. The minimum atomic E-state index is 0.974. The second-order valence-corrected chi connectivity index (χ2v) is 2.31. The monoisotopic (exact) mass is 164 g/mol. The summed E-state index contributed by atoms with van der Waals surface area (Å²) in [5.41, 5.74) is 5.31. The molecular formula is C10H16N2. The smallest absolute Gasteiger partial charge is 0.0391 e. The highest BCUT2D eigenvalue weighted by molar-refractivity contribution is 4.74. The van der Waals surface area contributed by atoms with Gasteiger partial charge in [0.25, 0.3) is 0 Å². The van der Waals surface area contributed by atoms with Crippen molar-refractivity contribution in [2.24, 2.45) is 0 Å². The van der Waals surface area contributed by atoms with E-state index in [1.807, 2.05) is 0 Å². The van der Waals surface area contributed by atoms with Crippen LogP contribution in [0.1, 0.15) is 12.8 Å². The zero-order valence-corrected chi connectivity index (χ0v) is 7.40. The van der Waals surface area contributed by atoms with Gasteiger partial charge in [0.1, 0.15) is 0 Å². The molecule has 66 valence electrons. The summed E-state index contributed by atoms with van der Waals surface area (Å²) < 4.78 is 0. The van der Waals surface area contributed by atoms with Gasteiger partial charge in [0.15, 0.2) is 0 Å². The molecule has 0 rings (SSSR count). The summed E-state index contributed by atoms with van der Waals surface area (Å²) in [4.78, 5) is 0. The molecule has 0 aliphatic carbocycles. The van der Waals surface area contributed by atoms with Crippen LogP contribution < -0.4 is 10.6 Å². The molecule has 2 nitrogen and oxygen atoms in total. The summed E-state index contributed by atoms with van der Waals surface area (Å²) in [6.07, 6.45) is 5.74. The summed E-state index contributed by atoms with van der Waals surface area (Å²) in [5, 5.41) is 6.12. The van der Waals surface area contributed by atoms with Gasteiger partial charge >= 0.3 is 0 Å². The van der Waals surface area contributed by atoms with Gasteiger partial charge in [-0.05, 0) is 12.8 Å².